The van der Waals surface area contributed by atoms with Gasteiger partial charge in [0, 0.05) is 23.1 Å². The maximum Gasteiger partial charge on any atom is 0.332 e. The van der Waals surface area contributed by atoms with Gasteiger partial charge < -0.3 is 23.8 Å². The van der Waals surface area contributed by atoms with Gasteiger partial charge in [-0.25, -0.2) is 0 Å². The van der Waals surface area contributed by atoms with Gasteiger partial charge in [0.25, 0.3) is 0 Å². The third-order valence-electron chi connectivity index (χ3n) is 2.95. The molecule has 5 nitrogen and oxygen atoms in total. The zero-order valence-corrected chi connectivity index (χ0v) is 13.5. The highest BCUT2D eigenvalue weighted by Gasteiger charge is 2.38. The summed E-state index contributed by atoms with van der Waals surface area (Å²) in [4.78, 5) is 0. The second-order valence-corrected chi connectivity index (χ2v) is 6.78. The van der Waals surface area contributed by atoms with E-state index < -0.39 is 14.0 Å². The molecule has 1 saturated heterocycles. The smallest absolute Gasteiger partial charge is 0.332 e. The van der Waals surface area contributed by atoms with Gasteiger partial charge in [-0.05, 0) is 0 Å². The van der Waals surface area contributed by atoms with Crippen LogP contribution in [0.25, 0.3) is 0 Å². The Balaban J connectivity index is 2.41. The van der Waals surface area contributed by atoms with Crippen molar-refractivity contribution in [1.29, 1.82) is 0 Å². The summed E-state index contributed by atoms with van der Waals surface area (Å²) in [5, 5.41) is 18.5. The van der Waals surface area contributed by atoms with E-state index >= 15 is 0 Å². The molecule has 0 aromatic heterocycles. The van der Waals surface area contributed by atoms with Crippen LogP contribution in [-0.2, 0) is 13.6 Å². The fourth-order valence-corrected chi connectivity index (χ4v) is 3.38. The number of aliphatic hydroxyl groups is 2. The lowest BCUT2D eigenvalue weighted by Gasteiger charge is -2.37. The van der Waals surface area contributed by atoms with Crippen molar-refractivity contribution in [2.75, 3.05) is 50.7 Å². The average molecular weight is 356 g/mol. The molecule has 0 aromatic rings. The van der Waals surface area contributed by atoms with Crippen LogP contribution in [0, 0.1) is 10.8 Å². The lowest BCUT2D eigenvalue weighted by molar-refractivity contribution is -0.00486. The van der Waals surface area contributed by atoms with Crippen molar-refractivity contribution in [1.82, 2.24) is 0 Å². The summed E-state index contributed by atoms with van der Waals surface area (Å²) >= 11 is 17.4. The first-order valence-corrected chi connectivity index (χ1v) is 8.38. The molecule has 1 fully saturated rings. The molecule has 1 heterocycles. The molecule has 114 valence electrons. The highest BCUT2D eigenvalue weighted by molar-refractivity contribution is 7.41. The maximum absolute atomic E-state index is 9.23. The van der Waals surface area contributed by atoms with Crippen molar-refractivity contribution >= 4 is 43.4 Å². The van der Waals surface area contributed by atoms with Crippen LogP contribution in [0.3, 0.4) is 0 Å². The van der Waals surface area contributed by atoms with E-state index in [1.54, 1.807) is 0 Å². The van der Waals surface area contributed by atoms with Gasteiger partial charge in [-0.15, -0.1) is 34.8 Å². The zero-order valence-electron chi connectivity index (χ0n) is 10.4. The Morgan fingerprint density at radius 3 is 2.00 bits per heavy atom. The SMILES string of the molecule is OCC(CO)(CCl)COP1OCC(CCl)(CCl)CO1. The largest absolute Gasteiger partial charge is 0.396 e. The second kappa shape index (κ2) is 8.52. The van der Waals surface area contributed by atoms with Gasteiger partial charge in [0.1, 0.15) is 0 Å². The molecule has 0 aliphatic carbocycles. The van der Waals surface area contributed by atoms with Crippen LogP contribution in [0.4, 0.5) is 0 Å². The van der Waals surface area contributed by atoms with Crippen LogP contribution in [-0.4, -0.2) is 60.9 Å². The van der Waals surface area contributed by atoms with Crippen LogP contribution in [0.5, 0.6) is 0 Å². The van der Waals surface area contributed by atoms with Crippen molar-refractivity contribution in [2.45, 2.75) is 0 Å². The predicted molar refractivity (Wildman–Crippen MR) is 76.0 cm³/mol. The molecule has 0 atom stereocenters. The second-order valence-electron chi connectivity index (χ2n) is 4.76. The third-order valence-corrected chi connectivity index (χ3v) is 5.67. The lowest BCUT2D eigenvalue weighted by Crippen LogP contribution is -2.40. The van der Waals surface area contributed by atoms with Crippen LogP contribution in [0.15, 0.2) is 0 Å². The van der Waals surface area contributed by atoms with Gasteiger partial charge in [0.05, 0.1) is 38.4 Å². The van der Waals surface area contributed by atoms with Gasteiger partial charge in [0.2, 0.25) is 0 Å². The highest BCUT2D eigenvalue weighted by Crippen LogP contribution is 2.48. The topological polar surface area (TPSA) is 68.2 Å². The van der Waals surface area contributed by atoms with E-state index in [1.165, 1.54) is 0 Å². The minimum Gasteiger partial charge on any atom is -0.396 e. The summed E-state index contributed by atoms with van der Waals surface area (Å²) in [6.45, 7) is 0.229. The van der Waals surface area contributed by atoms with Crippen LogP contribution < -0.4 is 0 Å². The van der Waals surface area contributed by atoms with Gasteiger partial charge in [0.15, 0.2) is 0 Å². The summed E-state index contributed by atoms with van der Waals surface area (Å²) in [6.07, 6.45) is 0. The van der Waals surface area contributed by atoms with E-state index in [0.717, 1.165) is 0 Å². The first kappa shape index (κ1) is 18.1. The molecule has 1 aliphatic heterocycles. The third kappa shape index (κ3) is 4.80. The molecule has 0 unspecified atom stereocenters. The monoisotopic (exact) mass is 354 g/mol. The van der Waals surface area contributed by atoms with Crippen LogP contribution in [0.1, 0.15) is 0 Å². The van der Waals surface area contributed by atoms with Gasteiger partial charge in [-0.2, -0.15) is 0 Å². The van der Waals surface area contributed by atoms with E-state index in [-0.39, 0.29) is 31.1 Å². The molecule has 0 radical (unpaired) electrons. The number of hydrogen-bond donors (Lipinski definition) is 2. The quantitative estimate of drug-likeness (QED) is 0.514. The van der Waals surface area contributed by atoms with Gasteiger partial charge >= 0.3 is 8.60 Å². The molecule has 0 amide bonds. The Kier molecular flexibility index (Phi) is 8.14. The molecular formula is C10H18Cl3O5P. The van der Waals surface area contributed by atoms with Gasteiger partial charge in [-0.1, -0.05) is 0 Å². The Morgan fingerprint density at radius 2 is 1.63 bits per heavy atom. The van der Waals surface area contributed by atoms with E-state index in [1.807, 2.05) is 0 Å². The summed E-state index contributed by atoms with van der Waals surface area (Å²) in [7, 11) is -1.52. The summed E-state index contributed by atoms with van der Waals surface area (Å²) < 4.78 is 16.3. The van der Waals surface area contributed by atoms with E-state index in [9.17, 15) is 10.2 Å². The highest BCUT2D eigenvalue weighted by atomic mass is 35.5. The van der Waals surface area contributed by atoms with Crippen molar-refractivity contribution in [3.63, 3.8) is 0 Å². The molecule has 0 aromatic carbocycles. The van der Waals surface area contributed by atoms with E-state index in [2.05, 4.69) is 0 Å². The number of halogens is 3. The van der Waals surface area contributed by atoms with Crippen molar-refractivity contribution in [3.05, 3.63) is 0 Å². The molecule has 0 bridgehead atoms. The molecule has 0 spiro atoms. The van der Waals surface area contributed by atoms with Gasteiger partial charge in [-0.3, -0.25) is 0 Å². The molecule has 19 heavy (non-hydrogen) atoms. The number of aliphatic hydroxyl groups excluding tert-OH is 2. The van der Waals surface area contributed by atoms with Crippen LogP contribution >= 0.6 is 43.4 Å². The molecular weight excluding hydrogens is 337 g/mol. The Hall–Kier alpha value is 1.10. The number of rotatable bonds is 8. The van der Waals surface area contributed by atoms with E-state index in [0.29, 0.717) is 25.0 Å². The number of hydrogen-bond acceptors (Lipinski definition) is 5. The first-order valence-electron chi connectivity index (χ1n) is 5.68. The minimum atomic E-state index is -1.52. The molecule has 1 aliphatic rings. The first-order chi connectivity index (χ1) is 9.09. The summed E-state index contributed by atoms with van der Waals surface area (Å²) in [5.74, 6) is 0.771. The Bertz CT molecular complexity index is 245. The standard InChI is InChI=1S/C10H18Cl3O5P/c11-1-9(2-12)6-16-19(17-7-9)18-8-10(3-13,4-14)5-15/h14-15H,1-8H2. The molecule has 2 N–H and O–H groups in total. The van der Waals surface area contributed by atoms with E-state index in [4.69, 9.17) is 48.4 Å². The summed E-state index contributed by atoms with van der Waals surface area (Å²) in [5.41, 5.74) is -1.27. The maximum atomic E-state index is 9.23. The van der Waals surface area contributed by atoms with Crippen molar-refractivity contribution < 1.29 is 23.8 Å². The van der Waals surface area contributed by atoms with Crippen molar-refractivity contribution in [3.8, 4) is 0 Å². The fraction of sp³-hybridized carbons (Fsp3) is 1.00. The van der Waals surface area contributed by atoms with Crippen LogP contribution in [0.2, 0.25) is 0 Å². The predicted octanol–water partition coefficient (Wildman–Crippen LogP) is 1.95. The normalized spacial score (nSPS) is 20.7. The molecule has 9 heteroatoms. The summed E-state index contributed by atoms with van der Waals surface area (Å²) in [6, 6.07) is 0. The lowest BCUT2D eigenvalue weighted by atomic mass is 9.94. The number of alkyl halides is 3. The Labute approximate surface area is 129 Å². The minimum absolute atomic E-state index is 0.0595. The zero-order chi connectivity index (χ0) is 14.4. The fourth-order valence-electron chi connectivity index (χ4n) is 1.18. The molecule has 1 rings (SSSR count). The molecule has 0 saturated carbocycles. The van der Waals surface area contributed by atoms with Crippen molar-refractivity contribution in [2.24, 2.45) is 10.8 Å². The average Bonchev–Trinajstić information content (AvgIpc) is 2.50. The Morgan fingerprint density at radius 1 is 1.11 bits per heavy atom.